The summed E-state index contributed by atoms with van der Waals surface area (Å²) >= 11 is 3.29. The van der Waals surface area contributed by atoms with Crippen LogP contribution in [0, 0.1) is 5.41 Å². The zero-order valence-electron chi connectivity index (χ0n) is 16.2. The van der Waals surface area contributed by atoms with Gasteiger partial charge in [-0.05, 0) is 54.2 Å². The number of halogens is 4. The van der Waals surface area contributed by atoms with Crippen molar-refractivity contribution >= 4 is 37.9 Å². The monoisotopic (exact) mass is 467 g/mol. The largest absolute Gasteiger partial charge is 0.408 e. The highest BCUT2D eigenvalue weighted by atomic mass is 79.9. The molecule has 0 amide bonds. The van der Waals surface area contributed by atoms with Crippen molar-refractivity contribution in [2.45, 2.75) is 65.1 Å². The van der Waals surface area contributed by atoms with Crippen molar-refractivity contribution in [1.82, 2.24) is 14.3 Å². The lowest BCUT2D eigenvalue weighted by Crippen LogP contribution is -2.41. The van der Waals surface area contributed by atoms with Gasteiger partial charge in [-0.25, -0.2) is 13.9 Å². The first-order valence-corrected chi connectivity index (χ1v) is 10.4. The highest BCUT2D eigenvalue weighted by Gasteiger charge is 2.44. The van der Waals surface area contributed by atoms with Gasteiger partial charge in [0.15, 0.2) is 0 Å². The van der Waals surface area contributed by atoms with E-state index in [1.807, 2.05) is 20.8 Å². The Morgan fingerprint density at radius 3 is 2.26 bits per heavy atom. The molecule has 152 valence electrons. The van der Waals surface area contributed by atoms with Gasteiger partial charge in [-0.3, -0.25) is 0 Å². The molecular formula is C18H25BrF3N3OS. The average Bonchev–Trinajstić information content (AvgIpc) is 2.78. The van der Waals surface area contributed by atoms with Crippen LogP contribution in [0.25, 0.3) is 11.0 Å². The van der Waals surface area contributed by atoms with Gasteiger partial charge in [0.2, 0.25) is 0 Å². The van der Waals surface area contributed by atoms with Gasteiger partial charge in [0, 0.05) is 23.7 Å². The number of nitrogens with zero attached hydrogens (tertiary/aromatic N) is 2. The molecule has 0 aliphatic heterocycles. The summed E-state index contributed by atoms with van der Waals surface area (Å²) in [7, 11) is -1.88. The van der Waals surface area contributed by atoms with Crippen molar-refractivity contribution in [2.75, 3.05) is 0 Å². The first-order chi connectivity index (χ1) is 12.1. The molecule has 0 unspecified atom stereocenters. The highest BCUT2D eigenvalue weighted by molar-refractivity contribution is 9.10. The van der Waals surface area contributed by atoms with Gasteiger partial charge in [0.1, 0.15) is 16.3 Å². The predicted octanol–water partition coefficient (Wildman–Crippen LogP) is 5.50. The molecule has 27 heavy (non-hydrogen) atoms. The normalized spacial score (nSPS) is 15.9. The number of rotatable bonds is 4. The van der Waals surface area contributed by atoms with E-state index in [4.69, 9.17) is 0 Å². The van der Waals surface area contributed by atoms with E-state index in [0.29, 0.717) is 22.2 Å². The van der Waals surface area contributed by atoms with Crippen LogP contribution in [0.4, 0.5) is 13.2 Å². The van der Waals surface area contributed by atoms with Crippen molar-refractivity contribution in [3.63, 3.8) is 0 Å². The third-order valence-corrected chi connectivity index (χ3v) is 5.79. The Balaban J connectivity index is 2.64. The minimum Gasteiger partial charge on any atom is -0.332 e. The number of hydrogen-bond donors (Lipinski definition) is 1. The maximum absolute atomic E-state index is 13.9. The second-order valence-electron chi connectivity index (χ2n) is 8.75. The summed E-state index contributed by atoms with van der Waals surface area (Å²) in [6, 6.07) is 1.17. The zero-order chi connectivity index (χ0) is 20.8. The summed E-state index contributed by atoms with van der Waals surface area (Å²) in [6.07, 6.45) is -3.13. The van der Waals surface area contributed by atoms with Gasteiger partial charge in [0.05, 0.1) is 15.7 Å². The van der Waals surface area contributed by atoms with Gasteiger partial charge in [0.25, 0.3) is 0 Å². The van der Waals surface area contributed by atoms with Crippen molar-refractivity contribution in [3.05, 3.63) is 28.5 Å². The minimum absolute atomic E-state index is 0.0272. The second-order valence-corrected chi connectivity index (χ2v) is 11.6. The highest BCUT2D eigenvalue weighted by Crippen LogP contribution is 2.38. The summed E-state index contributed by atoms with van der Waals surface area (Å²) in [5.74, 6) is 0. The molecule has 1 N–H and O–H groups in total. The molecule has 0 saturated carbocycles. The van der Waals surface area contributed by atoms with Gasteiger partial charge in [-0.15, -0.1) is 0 Å². The molecule has 9 heteroatoms. The second kappa shape index (κ2) is 7.48. The molecule has 2 heterocycles. The Hall–Kier alpha value is -0.930. The predicted molar refractivity (Wildman–Crippen MR) is 107 cm³/mol. The number of hydrogen-bond acceptors (Lipinski definition) is 2. The molecule has 2 aromatic heterocycles. The molecule has 2 rings (SSSR count). The van der Waals surface area contributed by atoms with E-state index in [-0.39, 0.29) is 11.0 Å². The number of nitrogens with one attached hydrogen (secondary N) is 1. The Bertz CT molecular complexity index is 850. The Labute approximate surface area is 168 Å². The van der Waals surface area contributed by atoms with E-state index < -0.39 is 28.0 Å². The molecular weight excluding hydrogens is 443 g/mol. The Morgan fingerprint density at radius 2 is 1.78 bits per heavy atom. The molecule has 0 aromatic carbocycles. The average molecular weight is 468 g/mol. The summed E-state index contributed by atoms with van der Waals surface area (Å²) < 4.78 is 57.8. The van der Waals surface area contributed by atoms with E-state index in [1.54, 1.807) is 37.5 Å². The van der Waals surface area contributed by atoms with Crippen LogP contribution >= 0.6 is 15.9 Å². The van der Waals surface area contributed by atoms with Crippen LogP contribution in [0.5, 0.6) is 0 Å². The molecule has 2 atom stereocenters. The van der Waals surface area contributed by atoms with E-state index >= 15 is 0 Å². The standard InChI is InChI=1S/C18H25BrF3N3OS/c1-16(2,3)10-25-9-12(11-7-8-13(19)23-15(11)25)14(18(20,21)22)24-27(26)17(4,5)6/h7-9,14,24H,10H2,1-6H3/t14-,27-/m0/s1. The molecule has 0 aliphatic carbocycles. The SMILES string of the molecule is CC(C)(C)Cn1cc([C@H](N[S@@](=O)C(C)(C)C)C(F)(F)F)c2ccc(Br)nc21. The number of aromatic nitrogens is 2. The van der Waals surface area contributed by atoms with E-state index in [0.717, 1.165) is 0 Å². The smallest absolute Gasteiger partial charge is 0.332 e. The third-order valence-electron chi connectivity index (χ3n) is 3.78. The molecule has 0 aliphatic rings. The molecule has 0 bridgehead atoms. The maximum Gasteiger partial charge on any atom is 0.408 e. The van der Waals surface area contributed by atoms with Crippen molar-refractivity contribution in [1.29, 1.82) is 0 Å². The summed E-state index contributed by atoms with van der Waals surface area (Å²) in [5, 5.41) is 0.392. The van der Waals surface area contributed by atoms with E-state index in [2.05, 4.69) is 25.6 Å². The topological polar surface area (TPSA) is 46.9 Å². The van der Waals surface area contributed by atoms with E-state index in [9.17, 15) is 17.4 Å². The molecule has 0 radical (unpaired) electrons. The van der Waals surface area contributed by atoms with Gasteiger partial charge in [-0.1, -0.05) is 20.8 Å². The first kappa shape index (κ1) is 22.4. The first-order valence-electron chi connectivity index (χ1n) is 8.50. The van der Waals surface area contributed by atoms with Crippen LogP contribution in [-0.4, -0.2) is 24.7 Å². The van der Waals surface area contributed by atoms with Crippen LogP contribution < -0.4 is 4.72 Å². The van der Waals surface area contributed by atoms with Gasteiger partial charge < -0.3 is 4.57 Å². The van der Waals surface area contributed by atoms with Crippen molar-refractivity contribution < 1.29 is 17.4 Å². The fourth-order valence-corrected chi connectivity index (χ4v) is 3.75. The Morgan fingerprint density at radius 1 is 1.19 bits per heavy atom. The molecule has 0 saturated heterocycles. The zero-order valence-corrected chi connectivity index (χ0v) is 18.6. The lowest BCUT2D eigenvalue weighted by molar-refractivity contribution is -0.152. The molecule has 0 spiro atoms. The van der Waals surface area contributed by atoms with Crippen LogP contribution in [-0.2, 0) is 17.5 Å². The van der Waals surface area contributed by atoms with Crippen LogP contribution in [0.2, 0.25) is 0 Å². The quantitative estimate of drug-likeness (QED) is 0.603. The maximum atomic E-state index is 13.9. The fourth-order valence-electron chi connectivity index (χ4n) is 2.62. The van der Waals surface area contributed by atoms with Crippen molar-refractivity contribution in [3.8, 4) is 0 Å². The lowest BCUT2D eigenvalue weighted by atomic mass is 9.97. The van der Waals surface area contributed by atoms with E-state index in [1.165, 1.54) is 6.20 Å². The fraction of sp³-hybridized carbons (Fsp3) is 0.611. The van der Waals surface area contributed by atoms with Gasteiger partial charge in [-0.2, -0.15) is 13.2 Å². The Kier molecular flexibility index (Phi) is 6.19. The summed E-state index contributed by atoms with van der Waals surface area (Å²) in [4.78, 5) is 4.38. The van der Waals surface area contributed by atoms with Crippen LogP contribution in [0.15, 0.2) is 22.9 Å². The number of pyridine rings is 1. The van der Waals surface area contributed by atoms with Crippen LogP contribution in [0.3, 0.4) is 0 Å². The van der Waals surface area contributed by atoms with Gasteiger partial charge >= 0.3 is 6.18 Å². The summed E-state index contributed by atoms with van der Waals surface area (Å²) in [5.41, 5.74) is 0.342. The lowest BCUT2D eigenvalue weighted by Gasteiger charge is -2.26. The molecule has 4 nitrogen and oxygen atoms in total. The third kappa shape index (κ3) is 5.54. The summed E-state index contributed by atoms with van der Waals surface area (Å²) in [6.45, 7) is 11.4. The molecule has 2 aromatic rings. The number of alkyl halides is 3. The van der Waals surface area contributed by atoms with Crippen LogP contribution in [0.1, 0.15) is 53.1 Å². The number of fused-ring (bicyclic) bond motifs is 1. The minimum atomic E-state index is -4.60. The van der Waals surface area contributed by atoms with Crippen molar-refractivity contribution in [2.24, 2.45) is 5.41 Å². The molecule has 0 fully saturated rings.